The summed E-state index contributed by atoms with van der Waals surface area (Å²) >= 11 is 7.56. The van der Waals surface area contributed by atoms with Crippen LogP contribution in [0.3, 0.4) is 0 Å². The molecule has 4 aromatic rings. The van der Waals surface area contributed by atoms with Crippen LogP contribution in [0.4, 0.5) is 5.13 Å². The number of aromatic nitrogens is 3. The first-order chi connectivity index (χ1) is 17.1. The van der Waals surface area contributed by atoms with Crippen LogP contribution in [0.25, 0.3) is 11.1 Å². The van der Waals surface area contributed by atoms with Crippen LogP contribution in [-0.4, -0.2) is 28.2 Å². The molecule has 1 atom stereocenters. The van der Waals surface area contributed by atoms with E-state index in [1.165, 1.54) is 29.7 Å². The van der Waals surface area contributed by atoms with Gasteiger partial charge in [0.1, 0.15) is 10.8 Å². The van der Waals surface area contributed by atoms with Crippen LogP contribution >= 0.6 is 22.9 Å². The molecule has 2 bridgehead atoms. The zero-order valence-electron chi connectivity index (χ0n) is 19.1. The van der Waals surface area contributed by atoms with Crippen molar-refractivity contribution in [2.75, 3.05) is 12.4 Å². The zero-order chi connectivity index (χ0) is 24.0. The molecule has 3 aliphatic rings. The number of anilines is 1. The van der Waals surface area contributed by atoms with Gasteiger partial charge in [0.25, 0.3) is 5.91 Å². The predicted octanol–water partition coefficient (Wildman–Crippen LogP) is 6.35. The number of pyridine rings is 1. The summed E-state index contributed by atoms with van der Waals surface area (Å²) < 4.78 is 5.49. The maximum absolute atomic E-state index is 13.2. The van der Waals surface area contributed by atoms with Crippen molar-refractivity contribution >= 4 is 34.0 Å². The number of amides is 1. The van der Waals surface area contributed by atoms with Crippen molar-refractivity contribution < 1.29 is 9.53 Å². The zero-order valence-corrected chi connectivity index (χ0v) is 20.6. The Kier molecular flexibility index (Phi) is 5.54. The Morgan fingerprint density at radius 3 is 2.66 bits per heavy atom. The highest BCUT2D eigenvalue weighted by molar-refractivity contribution is 7.15. The standard InChI is InChI=1S/C27H23ClN4O2S/c1-34-23-5-3-2-4-19(23)22-15-29-11-10-20(22)24(33)30-26-32-31-25(35-26)21-14-27(12-16(21)13-27)17-6-8-18(28)9-7-17/h2-11,15-16,21H,12-14H2,1H3,(H,30,32,33). The van der Waals surface area contributed by atoms with Gasteiger partial charge in [0, 0.05) is 34.5 Å². The molecule has 2 heterocycles. The molecular weight excluding hydrogens is 480 g/mol. The topological polar surface area (TPSA) is 77.0 Å². The van der Waals surface area contributed by atoms with Gasteiger partial charge >= 0.3 is 0 Å². The second kappa shape index (κ2) is 8.73. The lowest BCUT2D eigenvalue weighted by Crippen LogP contribution is -2.32. The van der Waals surface area contributed by atoms with Crippen LogP contribution in [0.15, 0.2) is 67.0 Å². The average molecular weight is 503 g/mol. The fraction of sp³-hybridized carbons (Fsp3) is 0.259. The van der Waals surface area contributed by atoms with Gasteiger partial charge in [-0.05, 0) is 60.4 Å². The molecule has 1 unspecified atom stereocenters. The van der Waals surface area contributed by atoms with Crippen molar-refractivity contribution in [2.24, 2.45) is 5.92 Å². The maximum Gasteiger partial charge on any atom is 0.258 e. The molecule has 35 heavy (non-hydrogen) atoms. The van der Waals surface area contributed by atoms with Crippen LogP contribution < -0.4 is 10.1 Å². The molecule has 1 amide bonds. The maximum atomic E-state index is 13.2. The van der Waals surface area contributed by atoms with E-state index in [-0.39, 0.29) is 11.3 Å². The molecule has 3 aliphatic carbocycles. The van der Waals surface area contributed by atoms with Crippen molar-refractivity contribution in [3.05, 3.63) is 88.1 Å². The minimum absolute atomic E-state index is 0.218. The fourth-order valence-corrected chi connectivity index (χ4v) is 6.76. The third-order valence-corrected chi connectivity index (χ3v) is 8.61. The Bertz CT molecular complexity index is 1400. The van der Waals surface area contributed by atoms with Crippen molar-refractivity contribution in [1.29, 1.82) is 0 Å². The normalized spacial score (nSPS) is 22.5. The molecule has 6 nitrogen and oxygen atoms in total. The highest BCUT2D eigenvalue weighted by atomic mass is 35.5. The first kappa shape index (κ1) is 22.2. The van der Waals surface area contributed by atoms with E-state index in [0.29, 0.717) is 33.8 Å². The van der Waals surface area contributed by atoms with Crippen molar-refractivity contribution in [3.8, 4) is 16.9 Å². The number of hydrogen-bond donors (Lipinski definition) is 1. The Labute approximate surface area is 212 Å². The van der Waals surface area contributed by atoms with Gasteiger partial charge in [0.05, 0.1) is 12.7 Å². The second-order valence-corrected chi connectivity index (χ2v) is 10.7. The smallest absolute Gasteiger partial charge is 0.258 e. The number of methoxy groups -OCH3 is 1. The molecule has 3 fully saturated rings. The average Bonchev–Trinajstić information content (AvgIpc) is 3.58. The summed E-state index contributed by atoms with van der Waals surface area (Å²) in [5.74, 6) is 1.42. The molecule has 1 N–H and O–H groups in total. The quantitative estimate of drug-likeness (QED) is 0.332. The van der Waals surface area contributed by atoms with Crippen LogP contribution in [0.1, 0.15) is 46.1 Å². The van der Waals surface area contributed by atoms with Crippen LogP contribution in [0.5, 0.6) is 5.75 Å². The summed E-state index contributed by atoms with van der Waals surface area (Å²) in [5, 5.41) is 14.0. The number of carbonyl (C=O) groups excluding carboxylic acids is 1. The van der Waals surface area contributed by atoms with Crippen molar-refractivity contribution in [1.82, 2.24) is 15.2 Å². The molecule has 8 heteroatoms. The SMILES string of the molecule is COc1ccccc1-c1cnccc1C(=O)Nc1nnc(C2CC3(c4ccc(Cl)cc4)CC2C3)s1. The van der Waals surface area contributed by atoms with Crippen LogP contribution in [-0.2, 0) is 5.41 Å². The van der Waals surface area contributed by atoms with E-state index in [4.69, 9.17) is 16.3 Å². The first-order valence-corrected chi connectivity index (χ1v) is 12.7. The van der Waals surface area contributed by atoms with Crippen molar-refractivity contribution in [2.45, 2.75) is 30.6 Å². The second-order valence-electron chi connectivity index (χ2n) is 9.29. The van der Waals surface area contributed by atoms with Gasteiger partial charge < -0.3 is 4.74 Å². The van der Waals surface area contributed by atoms with Gasteiger partial charge in [-0.1, -0.05) is 53.3 Å². The largest absolute Gasteiger partial charge is 0.496 e. The Balaban J connectivity index is 1.20. The molecule has 2 aromatic heterocycles. The van der Waals surface area contributed by atoms with Gasteiger partial charge in [0.2, 0.25) is 5.13 Å². The summed E-state index contributed by atoms with van der Waals surface area (Å²) in [6, 6.07) is 17.6. The number of nitrogens with one attached hydrogen (secondary N) is 1. The molecule has 0 aliphatic heterocycles. The van der Waals surface area contributed by atoms with Gasteiger partial charge in [-0.15, -0.1) is 10.2 Å². The molecule has 2 aromatic carbocycles. The lowest BCUT2D eigenvalue weighted by molar-refractivity contribution is 0.102. The Hall–Kier alpha value is -3.29. The fourth-order valence-electron chi connectivity index (χ4n) is 5.70. The lowest BCUT2D eigenvalue weighted by Gasteiger charge is -2.39. The molecule has 3 saturated carbocycles. The highest BCUT2D eigenvalue weighted by Gasteiger charge is 2.57. The van der Waals surface area contributed by atoms with Gasteiger partial charge in [0.15, 0.2) is 0 Å². The molecule has 7 rings (SSSR count). The number of benzene rings is 2. The third-order valence-electron chi connectivity index (χ3n) is 7.38. The van der Waals surface area contributed by atoms with Gasteiger partial charge in [-0.25, -0.2) is 0 Å². The number of halogens is 1. The minimum atomic E-state index is -0.246. The molecule has 176 valence electrons. The van der Waals surface area contributed by atoms with Crippen molar-refractivity contribution in [3.63, 3.8) is 0 Å². The number of fused-ring (bicyclic) bond motifs is 1. The first-order valence-electron chi connectivity index (χ1n) is 11.5. The molecular formula is C27H23ClN4O2S. The number of hydrogen-bond acceptors (Lipinski definition) is 6. The monoisotopic (exact) mass is 502 g/mol. The number of nitrogens with zero attached hydrogens (tertiary/aromatic N) is 3. The van der Waals surface area contributed by atoms with Gasteiger partial charge in [-0.3, -0.25) is 15.1 Å². The highest BCUT2D eigenvalue weighted by Crippen LogP contribution is 2.66. The lowest BCUT2D eigenvalue weighted by atomic mass is 9.65. The summed E-state index contributed by atoms with van der Waals surface area (Å²) in [7, 11) is 1.61. The van der Waals surface area contributed by atoms with Gasteiger partial charge in [-0.2, -0.15) is 0 Å². The molecule has 0 saturated heterocycles. The summed E-state index contributed by atoms with van der Waals surface area (Å²) in [4.78, 5) is 17.4. The molecule has 0 radical (unpaired) electrons. The Morgan fingerprint density at radius 1 is 1.06 bits per heavy atom. The summed E-state index contributed by atoms with van der Waals surface area (Å²) in [5.41, 5.74) is 3.60. The third kappa shape index (κ3) is 3.89. The van der Waals surface area contributed by atoms with E-state index in [9.17, 15) is 4.79 Å². The van der Waals surface area contributed by atoms with E-state index in [1.54, 1.807) is 25.6 Å². The Morgan fingerprint density at radius 2 is 1.86 bits per heavy atom. The predicted molar refractivity (Wildman–Crippen MR) is 137 cm³/mol. The summed E-state index contributed by atoms with van der Waals surface area (Å²) in [6.45, 7) is 0. The van der Waals surface area contributed by atoms with E-state index in [1.807, 2.05) is 36.4 Å². The van der Waals surface area contributed by atoms with E-state index >= 15 is 0 Å². The number of rotatable bonds is 6. The van der Waals surface area contributed by atoms with E-state index in [2.05, 4.69) is 32.6 Å². The van der Waals surface area contributed by atoms with E-state index < -0.39 is 0 Å². The van der Waals surface area contributed by atoms with E-state index in [0.717, 1.165) is 22.0 Å². The summed E-state index contributed by atoms with van der Waals surface area (Å²) in [6.07, 6.45) is 6.69. The minimum Gasteiger partial charge on any atom is -0.496 e. The van der Waals surface area contributed by atoms with Crippen LogP contribution in [0.2, 0.25) is 5.02 Å². The number of para-hydroxylation sites is 1. The number of ether oxygens (including phenoxy) is 1. The number of carbonyl (C=O) groups is 1. The van der Waals surface area contributed by atoms with Crippen LogP contribution in [0, 0.1) is 5.92 Å². The molecule has 0 spiro atoms.